The highest BCUT2D eigenvalue weighted by molar-refractivity contribution is 5.92. The number of nitrogens with two attached hydrogens (primary N) is 1. The standard InChI is InChI=1S/C27H30F3N7O4/c28-27(29,30)41-22-6-3-4-18(15-22)19-9-11-33-21(14-19)16-25(39)35-24-8-7-20(36-37-24)5-1-2-10-32-17-23(31)26(40)34-12-13-38/h3-4,6-9,11,14-15,17,32,38H,1-2,5,10,12-13,16,31H2,(H,34,40)(H,35,37,39)/b23-17-. The van der Waals surface area contributed by atoms with Gasteiger partial charge in [-0.05, 0) is 66.8 Å². The lowest BCUT2D eigenvalue weighted by Gasteiger charge is -2.10. The summed E-state index contributed by atoms with van der Waals surface area (Å²) in [5.74, 6) is -0.908. The zero-order valence-corrected chi connectivity index (χ0v) is 21.9. The molecule has 0 bridgehead atoms. The van der Waals surface area contributed by atoms with Crippen LogP contribution in [-0.2, 0) is 22.4 Å². The average Bonchev–Trinajstić information content (AvgIpc) is 2.93. The first-order chi connectivity index (χ1) is 19.6. The molecule has 0 unspecified atom stereocenters. The van der Waals surface area contributed by atoms with Crippen LogP contribution in [-0.4, -0.2) is 58.2 Å². The quantitative estimate of drug-likeness (QED) is 0.144. The van der Waals surface area contributed by atoms with Crippen LogP contribution in [0.1, 0.15) is 24.2 Å². The van der Waals surface area contributed by atoms with E-state index in [4.69, 9.17) is 10.8 Å². The van der Waals surface area contributed by atoms with E-state index in [0.717, 1.165) is 18.5 Å². The van der Waals surface area contributed by atoms with Crippen molar-refractivity contribution in [3.63, 3.8) is 0 Å². The van der Waals surface area contributed by atoms with Gasteiger partial charge in [-0.25, -0.2) is 0 Å². The number of nitrogens with one attached hydrogen (secondary N) is 3. The summed E-state index contributed by atoms with van der Waals surface area (Å²) in [5, 5.41) is 24.9. The van der Waals surface area contributed by atoms with Crippen LogP contribution in [0.15, 0.2) is 66.6 Å². The molecule has 3 aromatic rings. The number of aliphatic hydroxyl groups excluding tert-OH is 1. The van der Waals surface area contributed by atoms with Crippen LogP contribution in [0.2, 0.25) is 0 Å². The lowest BCUT2D eigenvalue weighted by Crippen LogP contribution is -2.31. The third-order valence-electron chi connectivity index (χ3n) is 5.47. The second-order valence-corrected chi connectivity index (χ2v) is 8.74. The van der Waals surface area contributed by atoms with E-state index in [1.807, 2.05) is 0 Å². The number of benzene rings is 1. The van der Waals surface area contributed by atoms with Crippen molar-refractivity contribution in [2.24, 2.45) is 5.73 Å². The van der Waals surface area contributed by atoms with Crippen LogP contribution in [0.4, 0.5) is 19.0 Å². The Morgan fingerprint density at radius 1 is 1.00 bits per heavy atom. The molecule has 0 fully saturated rings. The number of aromatic nitrogens is 3. The van der Waals surface area contributed by atoms with Crippen LogP contribution < -0.4 is 26.4 Å². The minimum Gasteiger partial charge on any atom is -0.406 e. The lowest BCUT2D eigenvalue weighted by atomic mass is 10.1. The number of rotatable bonds is 14. The van der Waals surface area contributed by atoms with E-state index >= 15 is 0 Å². The number of carbonyl (C=O) groups excluding carboxylic acids is 2. The Labute approximate surface area is 234 Å². The smallest absolute Gasteiger partial charge is 0.406 e. The number of carbonyl (C=O) groups is 2. The summed E-state index contributed by atoms with van der Waals surface area (Å²) in [6, 6.07) is 12.2. The lowest BCUT2D eigenvalue weighted by molar-refractivity contribution is -0.274. The van der Waals surface area contributed by atoms with Crippen LogP contribution in [0.5, 0.6) is 5.75 Å². The Kier molecular flexibility index (Phi) is 11.4. The number of pyridine rings is 1. The van der Waals surface area contributed by atoms with Crippen molar-refractivity contribution in [1.29, 1.82) is 0 Å². The molecule has 0 saturated heterocycles. The third kappa shape index (κ3) is 11.1. The monoisotopic (exact) mass is 573 g/mol. The van der Waals surface area contributed by atoms with Gasteiger partial charge in [0.2, 0.25) is 5.91 Å². The van der Waals surface area contributed by atoms with Gasteiger partial charge in [0.1, 0.15) is 11.4 Å². The van der Waals surface area contributed by atoms with Crippen molar-refractivity contribution in [2.45, 2.75) is 32.0 Å². The number of nitrogens with zero attached hydrogens (tertiary/aromatic N) is 3. The summed E-state index contributed by atoms with van der Waals surface area (Å²) in [5.41, 5.74) is 7.87. The molecule has 0 atom stereocenters. The van der Waals surface area contributed by atoms with E-state index in [9.17, 15) is 22.8 Å². The maximum Gasteiger partial charge on any atom is 0.573 e. The molecule has 0 radical (unpaired) electrons. The normalized spacial score (nSPS) is 11.6. The maximum atomic E-state index is 12.5. The van der Waals surface area contributed by atoms with Crippen molar-refractivity contribution in [1.82, 2.24) is 25.8 Å². The van der Waals surface area contributed by atoms with Crippen molar-refractivity contribution in [3.8, 4) is 16.9 Å². The first-order valence-corrected chi connectivity index (χ1v) is 12.6. The average molecular weight is 574 g/mol. The Morgan fingerprint density at radius 3 is 2.54 bits per heavy atom. The van der Waals surface area contributed by atoms with Crippen molar-refractivity contribution < 1.29 is 32.6 Å². The minimum atomic E-state index is -4.80. The molecule has 11 nitrogen and oxygen atoms in total. The second kappa shape index (κ2) is 15.2. The molecule has 0 aliphatic carbocycles. The Balaban J connectivity index is 1.44. The maximum absolute atomic E-state index is 12.5. The van der Waals surface area contributed by atoms with Gasteiger partial charge in [-0.15, -0.1) is 18.3 Å². The zero-order chi connectivity index (χ0) is 29.7. The predicted molar refractivity (Wildman–Crippen MR) is 144 cm³/mol. The fourth-order valence-corrected chi connectivity index (χ4v) is 3.59. The molecule has 6 N–H and O–H groups in total. The first-order valence-electron chi connectivity index (χ1n) is 12.6. The fraction of sp³-hybridized carbons (Fsp3) is 0.296. The van der Waals surface area contributed by atoms with E-state index in [2.05, 4.69) is 35.9 Å². The summed E-state index contributed by atoms with van der Waals surface area (Å²) >= 11 is 0. The summed E-state index contributed by atoms with van der Waals surface area (Å²) < 4.78 is 41.6. The van der Waals surface area contributed by atoms with Crippen molar-refractivity contribution in [3.05, 3.63) is 78.0 Å². The number of anilines is 1. The van der Waals surface area contributed by atoms with Gasteiger partial charge in [0, 0.05) is 25.5 Å². The summed E-state index contributed by atoms with van der Waals surface area (Å²) in [4.78, 5) is 28.3. The Hall–Kier alpha value is -4.72. The SMILES string of the molecule is N/C(=C\NCCCCc1ccc(NC(=O)Cc2cc(-c3cccc(OC(F)(F)F)c3)ccn2)nn1)C(=O)NCCO. The molecule has 1 aromatic carbocycles. The Morgan fingerprint density at radius 2 is 1.80 bits per heavy atom. The third-order valence-corrected chi connectivity index (χ3v) is 5.47. The van der Waals surface area contributed by atoms with Gasteiger partial charge in [0.25, 0.3) is 5.91 Å². The molecular formula is C27H30F3N7O4. The number of unbranched alkanes of at least 4 members (excludes halogenated alkanes) is 1. The van der Waals surface area contributed by atoms with Crippen LogP contribution in [0, 0.1) is 0 Å². The predicted octanol–water partition coefficient (Wildman–Crippen LogP) is 2.44. The van der Waals surface area contributed by atoms with Gasteiger partial charge < -0.3 is 31.5 Å². The molecule has 218 valence electrons. The summed E-state index contributed by atoms with van der Waals surface area (Å²) in [7, 11) is 0. The molecule has 2 aromatic heterocycles. The number of aryl methyl sites for hydroxylation is 1. The summed E-state index contributed by atoms with van der Waals surface area (Å²) in [6.07, 6.45) is 0.256. The van der Waals surface area contributed by atoms with Crippen molar-refractivity contribution >= 4 is 17.6 Å². The molecule has 2 heterocycles. The van der Waals surface area contributed by atoms with Gasteiger partial charge in [-0.3, -0.25) is 14.6 Å². The summed E-state index contributed by atoms with van der Waals surface area (Å²) in [6.45, 7) is 0.563. The minimum absolute atomic E-state index is 0.0233. The first kappa shape index (κ1) is 30.8. The van der Waals surface area contributed by atoms with E-state index in [0.29, 0.717) is 29.8 Å². The zero-order valence-electron chi connectivity index (χ0n) is 21.9. The van der Waals surface area contributed by atoms with Crippen LogP contribution in [0.3, 0.4) is 0 Å². The molecule has 14 heteroatoms. The van der Waals surface area contributed by atoms with E-state index in [-0.39, 0.29) is 42.7 Å². The van der Waals surface area contributed by atoms with Crippen LogP contribution in [0.25, 0.3) is 11.1 Å². The highest BCUT2D eigenvalue weighted by Gasteiger charge is 2.31. The number of hydrogen-bond acceptors (Lipinski definition) is 9. The van der Waals surface area contributed by atoms with E-state index in [1.165, 1.54) is 30.6 Å². The Bertz CT molecular complexity index is 1330. The molecule has 0 saturated carbocycles. The number of halogens is 3. The number of aliphatic hydroxyl groups is 1. The number of ether oxygens (including phenoxy) is 1. The molecule has 0 spiro atoms. The van der Waals surface area contributed by atoms with Gasteiger partial charge in [0.05, 0.1) is 24.4 Å². The van der Waals surface area contributed by atoms with E-state index < -0.39 is 12.3 Å². The van der Waals surface area contributed by atoms with Crippen LogP contribution >= 0.6 is 0 Å². The van der Waals surface area contributed by atoms with E-state index in [1.54, 1.807) is 30.3 Å². The highest BCUT2D eigenvalue weighted by atomic mass is 19.4. The second-order valence-electron chi connectivity index (χ2n) is 8.74. The van der Waals surface area contributed by atoms with Gasteiger partial charge in [0.15, 0.2) is 5.82 Å². The number of hydrogen-bond donors (Lipinski definition) is 5. The van der Waals surface area contributed by atoms with Gasteiger partial charge in [-0.1, -0.05) is 12.1 Å². The molecule has 2 amide bonds. The highest BCUT2D eigenvalue weighted by Crippen LogP contribution is 2.28. The largest absolute Gasteiger partial charge is 0.573 e. The number of alkyl halides is 3. The van der Waals surface area contributed by atoms with Gasteiger partial charge in [-0.2, -0.15) is 5.10 Å². The molecule has 0 aliphatic rings. The topological polar surface area (TPSA) is 164 Å². The van der Waals surface area contributed by atoms with Gasteiger partial charge >= 0.3 is 6.36 Å². The molecule has 3 rings (SSSR count). The fourth-order valence-electron chi connectivity index (χ4n) is 3.59. The molecule has 41 heavy (non-hydrogen) atoms. The molecule has 0 aliphatic heterocycles. The molecular weight excluding hydrogens is 543 g/mol. The van der Waals surface area contributed by atoms with Crippen molar-refractivity contribution in [2.75, 3.05) is 25.0 Å². The number of amides is 2.